The first kappa shape index (κ1) is 16.5. The minimum atomic E-state index is -0.394. The van der Waals surface area contributed by atoms with Crippen molar-refractivity contribution in [1.29, 1.82) is 0 Å². The fourth-order valence-electron chi connectivity index (χ4n) is 2.20. The molecular formula is C16H13ClN4O2S. The van der Waals surface area contributed by atoms with Gasteiger partial charge in [0.05, 0.1) is 4.92 Å². The van der Waals surface area contributed by atoms with Crippen molar-refractivity contribution >= 4 is 29.1 Å². The molecule has 0 saturated heterocycles. The van der Waals surface area contributed by atoms with E-state index in [1.54, 1.807) is 12.1 Å². The number of nitrogens with zero attached hydrogens (tertiary/aromatic N) is 4. The summed E-state index contributed by atoms with van der Waals surface area (Å²) in [5, 5.41) is 20.6. The fourth-order valence-corrected chi connectivity index (χ4v) is 3.18. The zero-order chi connectivity index (χ0) is 17.1. The molecule has 1 aromatic heterocycles. The fraction of sp³-hybridized carbons (Fsp3) is 0.125. The molecule has 1 heterocycles. The molecule has 0 aliphatic rings. The van der Waals surface area contributed by atoms with Crippen molar-refractivity contribution in [1.82, 2.24) is 14.8 Å². The van der Waals surface area contributed by atoms with Crippen LogP contribution >= 0.6 is 23.4 Å². The van der Waals surface area contributed by atoms with Crippen LogP contribution in [0.25, 0.3) is 11.4 Å². The summed E-state index contributed by atoms with van der Waals surface area (Å²) in [6.45, 7) is 0. The van der Waals surface area contributed by atoms with Crippen LogP contribution in [-0.2, 0) is 12.8 Å². The number of nitro benzene ring substituents is 1. The maximum Gasteiger partial charge on any atom is 0.269 e. The van der Waals surface area contributed by atoms with Crippen LogP contribution in [0.4, 0.5) is 5.69 Å². The van der Waals surface area contributed by atoms with Crippen LogP contribution in [0.3, 0.4) is 0 Å². The van der Waals surface area contributed by atoms with Gasteiger partial charge in [0.1, 0.15) is 0 Å². The van der Waals surface area contributed by atoms with E-state index in [2.05, 4.69) is 10.2 Å². The average molecular weight is 361 g/mol. The molecule has 0 radical (unpaired) electrons. The van der Waals surface area contributed by atoms with Crippen molar-refractivity contribution in [2.24, 2.45) is 7.05 Å². The standard InChI is InChI=1S/C16H13ClN4O2S/c1-20-15(12-5-7-13(17)8-6-12)18-19-16(20)24-10-11-3-2-4-14(9-11)21(22)23/h2-9H,10H2,1H3. The molecule has 24 heavy (non-hydrogen) atoms. The van der Waals surface area contributed by atoms with E-state index in [1.165, 1.54) is 17.8 Å². The highest BCUT2D eigenvalue weighted by Gasteiger charge is 2.12. The number of hydrogen-bond donors (Lipinski definition) is 0. The Morgan fingerprint density at radius 2 is 1.96 bits per heavy atom. The Morgan fingerprint density at radius 3 is 2.67 bits per heavy atom. The lowest BCUT2D eigenvalue weighted by molar-refractivity contribution is -0.384. The van der Waals surface area contributed by atoms with Crippen molar-refractivity contribution in [2.45, 2.75) is 10.9 Å². The number of aromatic nitrogens is 3. The van der Waals surface area contributed by atoms with Crippen LogP contribution in [0.15, 0.2) is 53.7 Å². The van der Waals surface area contributed by atoms with Crippen LogP contribution in [0.5, 0.6) is 0 Å². The summed E-state index contributed by atoms with van der Waals surface area (Å²) in [6, 6.07) is 14.0. The highest BCUT2D eigenvalue weighted by Crippen LogP contribution is 2.26. The first-order chi connectivity index (χ1) is 11.5. The van der Waals surface area contributed by atoms with E-state index in [9.17, 15) is 10.1 Å². The first-order valence-electron chi connectivity index (χ1n) is 7.06. The zero-order valence-electron chi connectivity index (χ0n) is 12.7. The summed E-state index contributed by atoms with van der Waals surface area (Å²) in [5.74, 6) is 1.32. The minimum absolute atomic E-state index is 0.0907. The van der Waals surface area contributed by atoms with Gasteiger partial charge in [-0.15, -0.1) is 10.2 Å². The van der Waals surface area contributed by atoms with Gasteiger partial charge in [-0.3, -0.25) is 10.1 Å². The zero-order valence-corrected chi connectivity index (χ0v) is 14.3. The second-order valence-electron chi connectivity index (χ2n) is 5.09. The molecular weight excluding hydrogens is 348 g/mol. The number of rotatable bonds is 5. The molecule has 6 nitrogen and oxygen atoms in total. The van der Waals surface area contributed by atoms with Gasteiger partial charge in [-0.05, 0) is 29.8 Å². The lowest BCUT2D eigenvalue weighted by Gasteiger charge is -2.04. The quantitative estimate of drug-likeness (QED) is 0.384. The Bertz CT molecular complexity index is 880. The Labute approximate surface area is 147 Å². The molecule has 8 heteroatoms. The van der Waals surface area contributed by atoms with E-state index in [0.29, 0.717) is 10.8 Å². The van der Waals surface area contributed by atoms with Crippen LogP contribution in [0.1, 0.15) is 5.56 Å². The normalized spacial score (nSPS) is 10.8. The highest BCUT2D eigenvalue weighted by atomic mass is 35.5. The van der Waals surface area contributed by atoms with Crippen molar-refractivity contribution in [3.63, 3.8) is 0 Å². The van der Waals surface area contributed by atoms with Gasteiger partial charge in [0.25, 0.3) is 5.69 Å². The molecule has 0 bridgehead atoms. The molecule has 0 aliphatic carbocycles. The van der Waals surface area contributed by atoms with E-state index in [-0.39, 0.29) is 5.69 Å². The number of thioether (sulfide) groups is 1. The predicted molar refractivity (Wildman–Crippen MR) is 94.1 cm³/mol. The van der Waals surface area contributed by atoms with E-state index in [0.717, 1.165) is 22.1 Å². The molecule has 3 aromatic rings. The van der Waals surface area contributed by atoms with Gasteiger partial charge < -0.3 is 4.57 Å². The summed E-state index contributed by atoms with van der Waals surface area (Å²) in [5.41, 5.74) is 1.88. The second-order valence-corrected chi connectivity index (χ2v) is 6.47. The summed E-state index contributed by atoms with van der Waals surface area (Å²) >= 11 is 7.38. The predicted octanol–water partition coefficient (Wildman–Crippen LogP) is 4.34. The molecule has 0 atom stereocenters. The largest absolute Gasteiger partial charge is 0.305 e. The van der Waals surface area contributed by atoms with E-state index < -0.39 is 4.92 Å². The van der Waals surface area contributed by atoms with E-state index >= 15 is 0 Å². The lowest BCUT2D eigenvalue weighted by Crippen LogP contribution is -1.95. The molecule has 2 aromatic carbocycles. The molecule has 0 unspecified atom stereocenters. The third-order valence-corrected chi connectivity index (χ3v) is 4.77. The van der Waals surface area contributed by atoms with Gasteiger partial charge in [0, 0.05) is 35.5 Å². The van der Waals surface area contributed by atoms with Gasteiger partial charge in [0.2, 0.25) is 0 Å². The maximum atomic E-state index is 10.8. The SMILES string of the molecule is Cn1c(SCc2cccc([N+](=O)[O-])c2)nnc1-c1ccc(Cl)cc1. The van der Waals surface area contributed by atoms with Crippen LogP contribution < -0.4 is 0 Å². The molecule has 0 amide bonds. The van der Waals surface area contributed by atoms with Crippen molar-refractivity contribution in [3.8, 4) is 11.4 Å². The molecule has 122 valence electrons. The Morgan fingerprint density at radius 1 is 1.21 bits per heavy atom. The Balaban J connectivity index is 1.76. The smallest absolute Gasteiger partial charge is 0.269 e. The molecule has 3 rings (SSSR count). The summed E-state index contributed by atoms with van der Waals surface area (Å²) < 4.78 is 1.89. The Hall–Kier alpha value is -2.38. The van der Waals surface area contributed by atoms with Gasteiger partial charge >= 0.3 is 0 Å². The van der Waals surface area contributed by atoms with Gasteiger partial charge in [-0.25, -0.2) is 0 Å². The molecule has 0 N–H and O–H groups in total. The van der Waals surface area contributed by atoms with Crippen molar-refractivity contribution < 1.29 is 4.92 Å². The number of halogens is 1. The molecule has 0 spiro atoms. The number of non-ortho nitro benzene ring substituents is 1. The summed E-state index contributed by atoms with van der Waals surface area (Å²) in [4.78, 5) is 10.4. The number of hydrogen-bond acceptors (Lipinski definition) is 5. The van der Waals surface area contributed by atoms with Crippen LogP contribution in [-0.4, -0.2) is 19.7 Å². The second kappa shape index (κ2) is 7.02. The monoisotopic (exact) mass is 360 g/mol. The third kappa shape index (κ3) is 3.58. The van der Waals surface area contributed by atoms with Gasteiger partial charge in [0.15, 0.2) is 11.0 Å². The van der Waals surface area contributed by atoms with E-state index in [4.69, 9.17) is 11.6 Å². The van der Waals surface area contributed by atoms with Crippen molar-refractivity contribution in [2.75, 3.05) is 0 Å². The molecule has 0 aliphatic heterocycles. The van der Waals surface area contributed by atoms with Crippen LogP contribution in [0, 0.1) is 10.1 Å². The lowest BCUT2D eigenvalue weighted by atomic mass is 10.2. The molecule has 0 fully saturated rings. The average Bonchev–Trinajstić information content (AvgIpc) is 2.95. The number of benzene rings is 2. The number of nitro groups is 1. The van der Waals surface area contributed by atoms with Gasteiger partial charge in [-0.1, -0.05) is 35.5 Å². The van der Waals surface area contributed by atoms with Crippen LogP contribution in [0.2, 0.25) is 5.02 Å². The van der Waals surface area contributed by atoms with E-state index in [1.807, 2.05) is 41.9 Å². The van der Waals surface area contributed by atoms with Crippen molar-refractivity contribution in [3.05, 3.63) is 69.2 Å². The molecule has 0 saturated carbocycles. The van der Waals surface area contributed by atoms with Gasteiger partial charge in [-0.2, -0.15) is 0 Å². The minimum Gasteiger partial charge on any atom is -0.305 e. The highest BCUT2D eigenvalue weighted by molar-refractivity contribution is 7.98. The summed E-state index contributed by atoms with van der Waals surface area (Å²) in [7, 11) is 1.89. The first-order valence-corrected chi connectivity index (χ1v) is 8.42. The maximum absolute atomic E-state index is 10.8. The summed E-state index contributed by atoms with van der Waals surface area (Å²) in [6.07, 6.45) is 0. The topological polar surface area (TPSA) is 73.8 Å². The third-order valence-electron chi connectivity index (χ3n) is 3.43. The Kier molecular flexibility index (Phi) is 4.82.